The molecule has 2 aliphatic rings. The number of carbonyl (C=O) groups excluding carboxylic acids is 1. The molecule has 0 saturated carbocycles. The number of halogens is 1. The Hall–Kier alpha value is -3.11. The second-order valence-corrected chi connectivity index (χ2v) is 9.15. The molecular weight excluding hydrogens is 417 g/mol. The number of hydrogen-bond acceptors (Lipinski definition) is 7. The quantitative estimate of drug-likeness (QED) is 0.513. The average Bonchev–Trinajstić information content (AvgIpc) is 3.48. The summed E-state index contributed by atoms with van der Waals surface area (Å²) in [4.78, 5) is 29.1. The van der Waals surface area contributed by atoms with Crippen molar-refractivity contribution in [1.82, 2.24) is 24.7 Å². The van der Waals surface area contributed by atoms with Gasteiger partial charge in [-0.25, -0.2) is 19.3 Å². The summed E-state index contributed by atoms with van der Waals surface area (Å²) in [5, 5.41) is 6.57. The third-order valence-corrected chi connectivity index (χ3v) is 6.97. The van der Waals surface area contributed by atoms with E-state index in [1.807, 2.05) is 12.1 Å². The SMILES string of the molecule is Cc1cn2cc(NC(=O)c3nc4ccc(N5C[C@@H]6CCN[C@@H]6C5)nc4s3)cc(F)c2n1. The number of pyridine rings is 2. The molecule has 8 nitrogen and oxygen atoms in total. The molecule has 2 fully saturated rings. The van der Waals surface area contributed by atoms with Crippen LogP contribution in [0.25, 0.3) is 16.0 Å². The van der Waals surface area contributed by atoms with Crippen molar-refractivity contribution < 1.29 is 9.18 Å². The molecule has 4 aromatic rings. The third kappa shape index (κ3) is 3.22. The van der Waals surface area contributed by atoms with Gasteiger partial charge in [0.15, 0.2) is 16.5 Å². The second kappa shape index (κ2) is 6.96. The van der Waals surface area contributed by atoms with Crippen LogP contribution in [0.4, 0.5) is 15.9 Å². The van der Waals surface area contributed by atoms with E-state index in [2.05, 4.69) is 25.5 Å². The fourth-order valence-corrected chi connectivity index (χ4v) is 5.38. The fourth-order valence-electron chi connectivity index (χ4n) is 4.55. The summed E-state index contributed by atoms with van der Waals surface area (Å²) in [6.07, 6.45) is 4.55. The smallest absolute Gasteiger partial charge is 0.284 e. The number of thiazole rings is 1. The predicted octanol–water partition coefficient (Wildman–Crippen LogP) is 2.84. The highest BCUT2D eigenvalue weighted by atomic mass is 32.1. The lowest BCUT2D eigenvalue weighted by Crippen LogP contribution is -2.30. The zero-order chi connectivity index (χ0) is 21.1. The Kier molecular flexibility index (Phi) is 4.19. The first-order valence-corrected chi connectivity index (χ1v) is 11.1. The zero-order valence-corrected chi connectivity index (χ0v) is 17.6. The average molecular weight is 438 g/mol. The van der Waals surface area contributed by atoms with E-state index in [0.717, 1.165) is 30.3 Å². The molecule has 0 aliphatic carbocycles. The van der Waals surface area contributed by atoms with Crippen LogP contribution in [-0.4, -0.2) is 50.9 Å². The number of nitrogens with zero attached hydrogens (tertiary/aromatic N) is 5. The van der Waals surface area contributed by atoms with Gasteiger partial charge in [0.25, 0.3) is 5.91 Å². The lowest BCUT2D eigenvalue weighted by molar-refractivity contribution is 0.102. The first-order chi connectivity index (χ1) is 15.0. The van der Waals surface area contributed by atoms with Gasteiger partial charge in [-0.2, -0.15) is 0 Å². The standard InChI is InChI=1S/C21H20FN7OS/c1-11-7-29-9-13(6-14(22)18(29)24-11)25-19(30)21-26-15-2-3-17(27-20(15)31-21)28-8-12-4-5-23-16(12)10-28/h2-3,6-7,9,12,16,23H,4-5,8,10H2,1H3,(H,25,30)/t12-,16+/m0/s1. The van der Waals surface area contributed by atoms with E-state index in [9.17, 15) is 9.18 Å². The molecule has 2 N–H and O–H groups in total. The summed E-state index contributed by atoms with van der Waals surface area (Å²) in [7, 11) is 0. The Balaban J connectivity index is 1.24. The van der Waals surface area contributed by atoms with Crippen molar-refractivity contribution in [2.24, 2.45) is 5.92 Å². The van der Waals surface area contributed by atoms with Crippen LogP contribution in [0.1, 0.15) is 21.9 Å². The Morgan fingerprint density at radius 2 is 2.16 bits per heavy atom. The zero-order valence-electron chi connectivity index (χ0n) is 16.8. The maximum atomic E-state index is 14.3. The summed E-state index contributed by atoms with van der Waals surface area (Å²) < 4.78 is 15.9. The van der Waals surface area contributed by atoms with Gasteiger partial charge < -0.3 is 19.9 Å². The van der Waals surface area contributed by atoms with Crippen LogP contribution in [0.3, 0.4) is 0 Å². The van der Waals surface area contributed by atoms with Crippen LogP contribution >= 0.6 is 11.3 Å². The first kappa shape index (κ1) is 18.6. The molecule has 31 heavy (non-hydrogen) atoms. The lowest BCUT2D eigenvalue weighted by Gasteiger charge is -2.18. The third-order valence-electron chi connectivity index (χ3n) is 6.01. The van der Waals surface area contributed by atoms with E-state index < -0.39 is 5.82 Å². The summed E-state index contributed by atoms with van der Waals surface area (Å²) in [6.45, 7) is 4.85. The normalized spacial score (nSPS) is 20.6. The molecule has 0 bridgehead atoms. The molecule has 2 atom stereocenters. The van der Waals surface area contributed by atoms with Gasteiger partial charge in [0.05, 0.1) is 11.4 Å². The summed E-state index contributed by atoms with van der Waals surface area (Å²) >= 11 is 1.24. The van der Waals surface area contributed by atoms with Crippen molar-refractivity contribution in [1.29, 1.82) is 0 Å². The molecule has 2 saturated heterocycles. The van der Waals surface area contributed by atoms with Crippen molar-refractivity contribution in [3.63, 3.8) is 0 Å². The van der Waals surface area contributed by atoms with Crippen LogP contribution in [0.15, 0.2) is 30.6 Å². The number of fused-ring (bicyclic) bond motifs is 3. The summed E-state index contributed by atoms with van der Waals surface area (Å²) in [5.74, 6) is 0.714. The number of nitrogens with one attached hydrogen (secondary N) is 2. The van der Waals surface area contributed by atoms with E-state index in [4.69, 9.17) is 4.98 Å². The lowest BCUT2D eigenvalue weighted by atomic mass is 10.1. The summed E-state index contributed by atoms with van der Waals surface area (Å²) in [5.41, 5.74) is 1.96. The Morgan fingerprint density at radius 1 is 1.26 bits per heavy atom. The maximum Gasteiger partial charge on any atom is 0.284 e. The van der Waals surface area contributed by atoms with Crippen LogP contribution in [-0.2, 0) is 0 Å². The largest absolute Gasteiger partial charge is 0.355 e. The van der Waals surface area contributed by atoms with Crippen LogP contribution in [0.2, 0.25) is 0 Å². The van der Waals surface area contributed by atoms with Gasteiger partial charge in [0.1, 0.15) is 16.2 Å². The number of anilines is 2. The highest BCUT2D eigenvalue weighted by Gasteiger charge is 2.36. The van der Waals surface area contributed by atoms with Gasteiger partial charge in [0, 0.05) is 37.6 Å². The molecule has 0 aromatic carbocycles. The summed E-state index contributed by atoms with van der Waals surface area (Å²) in [6, 6.07) is 5.68. The number of amides is 1. The van der Waals surface area contributed by atoms with Crippen molar-refractivity contribution in [2.75, 3.05) is 29.9 Å². The molecule has 0 spiro atoms. The van der Waals surface area contributed by atoms with E-state index in [1.165, 1.54) is 23.8 Å². The van der Waals surface area contributed by atoms with Crippen molar-refractivity contribution in [3.8, 4) is 0 Å². The van der Waals surface area contributed by atoms with E-state index >= 15 is 0 Å². The molecule has 1 amide bonds. The Morgan fingerprint density at radius 3 is 3.03 bits per heavy atom. The molecule has 6 rings (SSSR count). The minimum atomic E-state index is -0.494. The van der Waals surface area contributed by atoms with Gasteiger partial charge >= 0.3 is 0 Å². The number of rotatable bonds is 3. The van der Waals surface area contributed by atoms with E-state index in [0.29, 0.717) is 33.9 Å². The van der Waals surface area contributed by atoms with Crippen LogP contribution in [0.5, 0.6) is 0 Å². The Bertz CT molecular complexity index is 1320. The van der Waals surface area contributed by atoms with Crippen molar-refractivity contribution in [2.45, 2.75) is 19.4 Å². The topological polar surface area (TPSA) is 87.5 Å². The predicted molar refractivity (Wildman–Crippen MR) is 117 cm³/mol. The molecule has 158 valence electrons. The molecular formula is C21H20FN7OS. The molecule has 10 heteroatoms. The maximum absolute atomic E-state index is 14.3. The molecule has 0 unspecified atom stereocenters. The van der Waals surface area contributed by atoms with Gasteiger partial charge in [-0.3, -0.25) is 4.79 Å². The monoisotopic (exact) mass is 437 g/mol. The van der Waals surface area contributed by atoms with E-state index in [1.54, 1.807) is 23.7 Å². The van der Waals surface area contributed by atoms with Crippen molar-refractivity contribution in [3.05, 3.63) is 47.1 Å². The Labute approximate surface area is 181 Å². The molecule has 0 radical (unpaired) electrons. The minimum Gasteiger partial charge on any atom is -0.355 e. The highest BCUT2D eigenvalue weighted by Crippen LogP contribution is 2.30. The molecule has 4 aromatic heterocycles. The van der Waals surface area contributed by atoms with Crippen LogP contribution in [0, 0.1) is 18.7 Å². The first-order valence-electron chi connectivity index (χ1n) is 10.3. The minimum absolute atomic E-state index is 0.230. The number of hydrogen-bond donors (Lipinski definition) is 2. The van der Waals surface area contributed by atoms with Crippen molar-refractivity contribution >= 4 is 44.7 Å². The molecule has 6 heterocycles. The number of aryl methyl sites for hydroxylation is 1. The van der Waals surface area contributed by atoms with Gasteiger partial charge in [-0.05, 0) is 37.9 Å². The fraction of sp³-hybridized carbons (Fsp3) is 0.333. The second-order valence-electron chi connectivity index (χ2n) is 8.17. The number of carbonyl (C=O) groups is 1. The van der Waals surface area contributed by atoms with Gasteiger partial charge in [-0.1, -0.05) is 11.3 Å². The highest BCUT2D eigenvalue weighted by molar-refractivity contribution is 7.20. The number of imidazole rings is 1. The van der Waals surface area contributed by atoms with Gasteiger partial charge in [0.2, 0.25) is 0 Å². The molecule has 2 aliphatic heterocycles. The van der Waals surface area contributed by atoms with E-state index in [-0.39, 0.29) is 11.6 Å². The number of aromatic nitrogens is 4. The van der Waals surface area contributed by atoms with Crippen LogP contribution < -0.4 is 15.5 Å². The van der Waals surface area contributed by atoms with Gasteiger partial charge in [-0.15, -0.1) is 0 Å².